The van der Waals surface area contributed by atoms with Crippen molar-refractivity contribution in [1.29, 1.82) is 0 Å². The zero-order valence-corrected chi connectivity index (χ0v) is 24.8. The van der Waals surface area contributed by atoms with E-state index in [2.05, 4.69) is 25.6 Å². The van der Waals surface area contributed by atoms with Gasteiger partial charge in [0.25, 0.3) is 5.91 Å². The number of amides is 2. The van der Waals surface area contributed by atoms with Gasteiger partial charge in [0, 0.05) is 29.9 Å². The average molecular weight is 588 g/mol. The van der Waals surface area contributed by atoms with E-state index in [-0.39, 0.29) is 11.3 Å². The molecular weight excluding hydrogens is 550 g/mol. The summed E-state index contributed by atoms with van der Waals surface area (Å²) in [6.45, 7) is 10.6. The molecule has 0 unspecified atom stereocenters. The number of benzene rings is 2. The van der Waals surface area contributed by atoms with Crippen LogP contribution in [0.15, 0.2) is 54.7 Å². The van der Waals surface area contributed by atoms with Gasteiger partial charge in [0.15, 0.2) is 17.1 Å². The fourth-order valence-corrected chi connectivity index (χ4v) is 4.68. The largest absolute Gasteiger partial charge is 0.488 e. The summed E-state index contributed by atoms with van der Waals surface area (Å²) in [6.07, 6.45) is 3.25. The number of nitrogen functional groups attached to an aromatic ring is 1. The molecule has 1 fully saturated rings. The predicted molar refractivity (Wildman–Crippen MR) is 163 cm³/mol. The maximum atomic E-state index is 13.6. The van der Waals surface area contributed by atoms with Gasteiger partial charge >= 0.3 is 6.09 Å². The molecule has 0 atom stereocenters. The van der Waals surface area contributed by atoms with Gasteiger partial charge < -0.3 is 30.6 Å². The topological polar surface area (TPSA) is 145 Å². The van der Waals surface area contributed by atoms with Gasteiger partial charge in [-0.05, 0) is 83.5 Å². The molecule has 0 saturated carbocycles. The lowest BCUT2D eigenvalue weighted by molar-refractivity contribution is 0.102. The Balaban J connectivity index is 1.36. The Labute approximate surface area is 250 Å². The number of aryl methyl sites for hydroxylation is 1. The number of imidazole rings is 1. The monoisotopic (exact) mass is 587 g/mol. The third-order valence-electron chi connectivity index (χ3n) is 6.75. The number of ether oxygens (including phenoxy) is 3. The van der Waals surface area contributed by atoms with Crippen molar-refractivity contribution in [3.05, 3.63) is 65.9 Å². The maximum Gasteiger partial charge on any atom is 0.413 e. The minimum absolute atomic E-state index is 0.0466. The fourth-order valence-electron chi connectivity index (χ4n) is 4.68. The Morgan fingerprint density at radius 2 is 1.86 bits per heavy atom. The summed E-state index contributed by atoms with van der Waals surface area (Å²) < 4.78 is 19.2. The number of fused-ring (bicyclic) bond motifs is 1. The number of rotatable bonds is 9. The van der Waals surface area contributed by atoms with E-state index in [9.17, 15) is 9.59 Å². The van der Waals surface area contributed by atoms with Crippen LogP contribution in [0.3, 0.4) is 0 Å². The minimum atomic E-state index is -0.687. The Morgan fingerprint density at radius 3 is 2.63 bits per heavy atom. The van der Waals surface area contributed by atoms with Crippen LogP contribution in [0.5, 0.6) is 23.1 Å². The van der Waals surface area contributed by atoms with E-state index in [1.807, 2.05) is 33.8 Å². The highest BCUT2D eigenvalue weighted by Crippen LogP contribution is 2.33. The van der Waals surface area contributed by atoms with E-state index >= 15 is 0 Å². The van der Waals surface area contributed by atoms with Gasteiger partial charge in [-0.3, -0.25) is 9.69 Å². The lowest BCUT2D eigenvalue weighted by atomic mass is 10.1. The zero-order chi connectivity index (χ0) is 30.6. The first kappa shape index (κ1) is 29.6. The van der Waals surface area contributed by atoms with Crippen molar-refractivity contribution < 1.29 is 23.8 Å². The number of anilines is 2. The predicted octanol–water partition coefficient (Wildman–Crippen LogP) is 5.03. The highest BCUT2D eigenvalue weighted by Gasteiger charge is 2.24. The number of hydrogen-bond acceptors (Lipinski definition) is 9. The van der Waals surface area contributed by atoms with Gasteiger partial charge in [-0.1, -0.05) is 12.1 Å². The molecule has 1 saturated heterocycles. The van der Waals surface area contributed by atoms with Crippen molar-refractivity contribution >= 4 is 29.2 Å². The first-order valence-electron chi connectivity index (χ1n) is 14.2. The second kappa shape index (κ2) is 12.6. The summed E-state index contributed by atoms with van der Waals surface area (Å²) >= 11 is 0. The van der Waals surface area contributed by atoms with Crippen molar-refractivity contribution in [2.75, 3.05) is 37.3 Å². The van der Waals surface area contributed by atoms with E-state index in [1.54, 1.807) is 48.7 Å². The number of nitrogens with one attached hydrogen (secondary N) is 2. The number of nitrogens with zero attached hydrogens (tertiary/aromatic N) is 4. The zero-order valence-electron chi connectivity index (χ0n) is 24.8. The van der Waals surface area contributed by atoms with Gasteiger partial charge in [0.1, 0.15) is 18.2 Å². The van der Waals surface area contributed by atoms with Crippen LogP contribution >= 0.6 is 0 Å². The van der Waals surface area contributed by atoms with Crippen LogP contribution in [-0.2, 0) is 0 Å². The highest BCUT2D eigenvalue weighted by atomic mass is 16.6. The minimum Gasteiger partial charge on any atom is -0.488 e. The number of carbonyl (C=O) groups excluding carboxylic acids is 2. The van der Waals surface area contributed by atoms with E-state index in [4.69, 9.17) is 19.9 Å². The number of nitrogens with two attached hydrogens (primary N) is 1. The summed E-state index contributed by atoms with van der Waals surface area (Å²) in [5.74, 6) is 1.02. The Morgan fingerprint density at radius 1 is 1.07 bits per heavy atom. The SMILES string of the molecule is Cc1ccc(Oc2ccc3nc(N)cn3n2)cc1NC(=O)c1cccc(OCCN2CCCC2)c1OC(=O)NC(C)(C)C. The molecule has 5 rings (SSSR count). The summed E-state index contributed by atoms with van der Waals surface area (Å²) in [6, 6.07) is 13.7. The smallest absolute Gasteiger partial charge is 0.413 e. The molecule has 1 aliphatic rings. The number of para-hydroxylation sites is 1. The van der Waals surface area contributed by atoms with Crippen molar-refractivity contribution in [2.45, 2.75) is 46.1 Å². The second-order valence-electron chi connectivity index (χ2n) is 11.5. The van der Waals surface area contributed by atoms with Crippen LogP contribution in [0, 0.1) is 6.92 Å². The van der Waals surface area contributed by atoms with Gasteiger partial charge in [-0.25, -0.2) is 14.3 Å². The maximum absolute atomic E-state index is 13.6. The first-order valence-corrected chi connectivity index (χ1v) is 14.2. The highest BCUT2D eigenvalue weighted by molar-refractivity contribution is 6.07. The molecule has 43 heavy (non-hydrogen) atoms. The molecule has 4 aromatic rings. The second-order valence-corrected chi connectivity index (χ2v) is 11.5. The summed E-state index contributed by atoms with van der Waals surface area (Å²) in [5, 5.41) is 10.1. The first-order chi connectivity index (χ1) is 20.5. The molecule has 2 aromatic heterocycles. The molecule has 1 aliphatic heterocycles. The number of aromatic nitrogens is 3. The van der Waals surface area contributed by atoms with E-state index in [0.29, 0.717) is 41.1 Å². The van der Waals surface area contributed by atoms with Crippen molar-refractivity contribution in [3.63, 3.8) is 0 Å². The Kier molecular flexibility index (Phi) is 8.67. The molecule has 0 radical (unpaired) electrons. The van der Waals surface area contributed by atoms with Crippen molar-refractivity contribution in [3.8, 4) is 23.1 Å². The summed E-state index contributed by atoms with van der Waals surface area (Å²) in [5.41, 5.74) is 7.28. The normalized spacial score (nSPS) is 13.6. The third kappa shape index (κ3) is 7.72. The third-order valence-corrected chi connectivity index (χ3v) is 6.75. The van der Waals surface area contributed by atoms with Crippen molar-refractivity contribution in [2.24, 2.45) is 0 Å². The van der Waals surface area contributed by atoms with Gasteiger partial charge in [-0.2, -0.15) is 0 Å². The quantitative estimate of drug-likeness (QED) is 0.246. The molecule has 3 heterocycles. The average Bonchev–Trinajstić information content (AvgIpc) is 3.58. The van der Waals surface area contributed by atoms with Crippen LogP contribution in [0.2, 0.25) is 0 Å². The standard InChI is InChI=1S/C31H37N7O5/c1-20-10-11-21(42-27-13-12-26-34-25(32)19-38(26)36-27)18-23(20)33-29(39)22-8-7-9-24(41-17-16-37-14-5-6-15-37)28(22)43-30(40)35-31(2,3)4/h7-13,18-19H,5-6,14-17,32H2,1-4H3,(H,33,39)(H,35,40). The lowest BCUT2D eigenvalue weighted by Crippen LogP contribution is -2.42. The molecular formula is C31H37N7O5. The number of hydrogen-bond donors (Lipinski definition) is 3. The van der Waals surface area contributed by atoms with Crippen LogP contribution in [0.25, 0.3) is 5.65 Å². The molecule has 12 heteroatoms. The Hall–Kier alpha value is -4.84. The van der Waals surface area contributed by atoms with Gasteiger partial charge in [0.2, 0.25) is 5.88 Å². The summed E-state index contributed by atoms with van der Waals surface area (Å²) in [4.78, 5) is 32.9. The van der Waals surface area contributed by atoms with E-state index in [1.165, 1.54) is 17.4 Å². The molecule has 2 amide bonds. The van der Waals surface area contributed by atoms with Crippen LogP contribution in [-0.4, -0.2) is 63.3 Å². The summed E-state index contributed by atoms with van der Waals surface area (Å²) in [7, 11) is 0. The van der Waals surface area contributed by atoms with Crippen LogP contribution in [0.4, 0.5) is 16.3 Å². The van der Waals surface area contributed by atoms with E-state index in [0.717, 1.165) is 25.2 Å². The van der Waals surface area contributed by atoms with Gasteiger partial charge in [0.05, 0.1) is 11.8 Å². The molecule has 0 aliphatic carbocycles. The van der Waals surface area contributed by atoms with Crippen molar-refractivity contribution in [1.82, 2.24) is 24.8 Å². The Bertz CT molecular complexity index is 1620. The van der Waals surface area contributed by atoms with Crippen LogP contribution in [0.1, 0.15) is 49.5 Å². The number of likely N-dealkylation sites (tertiary alicyclic amines) is 1. The molecule has 226 valence electrons. The number of carbonyl (C=O) groups is 2. The fraction of sp³-hybridized carbons (Fsp3) is 0.355. The van der Waals surface area contributed by atoms with Crippen LogP contribution < -0.4 is 30.6 Å². The molecule has 0 spiro atoms. The molecule has 0 bridgehead atoms. The molecule has 4 N–H and O–H groups in total. The van der Waals surface area contributed by atoms with E-state index < -0.39 is 17.5 Å². The van der Waals surface area contributed by atoms with Gasteiger partial charge in [-0.15, -0.1) is 5.10 Å². The lowest BCUT2D eigenvalue weighted by Gasteiger charge is -2.22. The molecule has 2 aromatic carbocycles. The molecule has 12 nitrogen and oxygen atoms in total.